The van der Waals surface area contributed by atoms with Gasteiger partial charge in [0.15, 0.2) is 5.76 Å². The van der Waals surface area contributed by atoms with Crippen molar-refractivity contribution in [3.63, 3.8) is 0 Å². The van der Waals surface area contributed by atoms with E-state index in [9.17, 15) is 0 Å². The summed E-state index contributed by atoms with van der Waals surface area (Å²) in [7, 11) is 1.91. The minimum Gasteiger partial charge on any atom is -0.492 e. The number of nitrogens with zero attached hydrogens (tertiary/aromatic N) is 4. The van der Waals surface area contributed by atoms with Crippen LogP contribution in [0.3, 0.4) is 0 Å². The maximum absolute atomic E-state index is 5.86. The number of ether oxygens (including phenoxy) is 1. The van der Waals surface area contributed by atoms with Crippen molar-refractivity contribution < 1.29 is 9.15 Å². The Kier molecular flexibility index (Phi) is 4.70. The average Bonchev–Trinajstić information content (AvgIpc) is 3.14. The maximum Gasteiger partial charge on any atom is 0.245 e. The molecule has 0 atom stereocenters. The first-order valence-electron chi connectivity index (χ1n) is 8.78. The van der Waals surface area contributed by atoms with Crippen LogP contribution in [-0.2, 0) is 0 Å². The molecule has 0 saturated heterocycles. The van der Waals surface area contributed by atoms with Crippen molar-refractivity contribution in [1.29, 1.82) is 0 Å². The van der Waals surface area contributed by atoms with Gasteiger partial charge >= 0.3 is 0 Å². The number of aromatic nitrogens is 3. The summed E-state index contributed by atoms with van der Waals surface area (Å²) in [4.78, 5) is 6.49. The molecular weight excluding hydrogens is 340 g/mol. The summed E-state index contributed by atoms with van der Waals surface area (Å²) in [6.45, 7) is 3.22. The monoisotopic (exact) mass is 360 g/mol. The molecule has 0 radical (unpaired) electrons. The van der Waals surface area contributed by atoms with Gasteiger partial charge in [0.2, 0.25) is 5.95 Å². The third-order valence-electron chi connectivity index (χ3n) is 4.28. The lowest BCUT2D eigenvalue weighted by atomic mass is 10.2. The fraction of sp³-hybridized carbons (Fsp3) is 0.190. The number of hydrogen-bond acceptors (Lipinski definition) is 6. The highest BCUT2D eigenvalue weighted by molar-refractivity contribution is 5.82. The molecule has 0 aliphatic carbocycles. The molecule has 0 N–H and O–H groups in total. The predicted molar refractivity (Wildman–Crippen MR) is 105 cm³/mol. The minimum atomic E-state index is 0.526. The smallest absolute Gasteiger partial charge is 0.245 e. The van der Waals surface area contributed by atoms with Crippen molar-refractivity contribution in [1.82, 2.24) is 15.2 Å². The Morgan fingerprint density at radius 3 is 2.70 bits per heavy atom. The van der Waals surface area contributed by atoms with Crippen molar-refractivity contribution in [2.45, 2.75) is 6.92 Å². The van der Waals surface area contributed by atoms with Crippen LogP contribution in [0.1, 0.15) is 5.56 Å². The minimum absolute atomic E-state index is 0.526. The van der Waals surface area contributed by atoms with Crippen LogP contribution in [0.5, 0.6) is 5.75 Å². The first-order valence-corrected chi connectivity index (χ1v) is 8.78. The average molecular weight is 360 g/mol. The van der Waals surface area contributed by atoms with E-state index < -0.39 is 0 Å². The second kappa shape index (κ2) is 7.45. The standard InChI is InChI=1S/C21H20N4O2/c1-15-7-9-17(10-8-15)26-12-11-25(2)21-23-18(14-22-24-21)20-13-16-5-3-4-6-19(16)27-20/h3-10,13-14H,11-12H2,1-2H3. The molecule has 27 heavy (non-hydrogen) atoms. The van der Waals surface area contributed by atoms with Gasteiger partial charge in [-0.05, 0) is 31.2 Å². The van der Waals surface area contributed by atoms with Gasteiger partial charge in [-0.1, -0.05) is 35.9 Å². The lowest BCUT2D eigenvalue weighted by molar-refractivity contribution is 0.325. The number of furan rings is 1. The zero-order valence-corrected chi connectivity index (χ0v) is 15.3. The molecule has 0 aliphatic rings. The normalized spacial score (nSPS) is 10.9. The lowest BCUT2D eigenvalue weighted by Gasteiger charge is -2.17. The Balaban J connectivity index is 1.44. The number of hydrogen-bond donors (Lipinski definition) is 0. The van der Waals surface area contributed by atoms with Crippen LogP contribution in [0.4, 0.5) is 5.95 Å². The zero-order valence-electron chi connectivity index (χ0n) is 15.3. The van der Waals surface area contributed by atoms with Crippen LogP contribution >= 0.6 is 0 Å². The van der Waals surface area contributed by atoms with E-state index in [-0.39, 0.29) is 0 Å². The molecule has 2 heterocycles. The van der Waals surface area contributed by atoms with Gasteiger partial charge in [0.1, 0.15) is 23.6 Å². The summed E-state index contributed by atoms with van der Waals surface area (Å²) >= 11 is 0. The molecule has 0 unspecified atom stereocenters. The van der Waals surface area contributed by atoms with Gasteiger partial charge in [0.05, 0.1) is 12.7 Å². The van der Waals surface area contributed by atoms with Crippen LogP contribution < -0.4 is 9.64 Å². The Labute approximate surface area is 157 Å². The van der Waals surface area contributed by atoms with Gasteiger partial charge in [-0.2, -0.15) is 5.10 Å². The second-order valence-electron chi connectivity index (χ2n) is 6.37. The van der Waals surface area contributed by atoms with Gasteiger partial charge in [-0.25, -0.2) is 4.98 Å². The number of fused-ring (bicyclic) bond motifs is 1. The number of aryl methyl sites for hydroxylation is 1. The van der Waals surface area contributed by atoms with E-state index in [0.29, 0.717) is 30.6 Å². The van der Waals surface area contributed by atoms with Gasteiger partial charge < -0.3 is 14.1 Å². The topological polar surface area (TPSA) is 64.3 Å². The van der Waals surface area contributed by atoms with E-state index >= 15 is 0 Å². The van der Waals surface area contributed by atoms with Crippen molar-refractivity contribution in [2.24, 2.45) is 0 Å². The maximum atomic E-state index is 5.86. The highest BCUT2D eigenvalue weighted by Gasteiger charge is 2.11. The van der Waals surface area contributed by atoms with Crippen LogP contribution in [0.25, 0.3) is 22.4 Å². The first kappa shape index (κ1) is 17.0. The molecule has 0 amide bonds. The molecule has 6 heteroatoms. The fourth-order valence-electron chi connectivity index (χ4n) is 2.72. The zero-order chi connectivity index (χ0) is 18.6. The molecule has 2 aromatic carbocycles. The number of benzene rings is 2. The molecule has 136 valence electrons. The molecule has 4 rings (SSSR count). The number of para-hydroxylation sites is 1. The summed E-state index contributed by atoms with van der Waals surface area (Å²) in [5.74, 6) is 2.06. The molecular formula is C21H20N4O2. The molecule has 0 spiro atoms. The van der Waals surface area contributed by atoms with Crippen molar-refractivity contribution in [2.75, 3.05) is 25.1 Å². The number of rotatable bonds is 6. The van der Waals surface area contributed by atoms with E-state index in [0.717, 1.165) is 16.7 Å². The first-order chi connectivity index (χ1) is 13.2. The van der Waals surface area contributed by atoms with Gasteiger partial charge in [0.25, 0.3) is 0 Å². The van der Waals surface area contributed by atoms with Crippen LogP contribution in [0.2, 0.25) is 0 Å². The highest BCUT2D eigenvalue weighted by atomic mass is 16.5. The third-order valence-corrected chi connectivity index (χ3v) is 4.28. The summed E-state index contributed by atoms with van der Waals surface area (Å²) in [5.41, 5.74) is 2.69. The number of likely N-dealkylation sites (N-methyl/N-ethyl adjacent to an activating group) is 1. The van der Waals surface area contributed by atoms with Crippen molar-refractivity contribution in [3.8, 4) is 17.2 Å². The Bertz CT molecular complexity index is 1010. The Morgan fingerprint density at radius 2 is 1.89 bits per heavy atom. The SMILES string of the molecule is Cc1ccc(OCCN(C)c2nncc(-c3cc4ccccc4o3)n2)cc1. The van der Waals surface area contributed by atoms with E-state index in [2.05, 4.69) is 22.1 Å². The summed E-state index contributed by atoms with van der Waals surface area (Å²) in [6.07, 6.45) is 1.61. The van der Waals surface area contributed by atoms with E-state index in [1.807, 2.05) is 66.5 Å². The van der Waals surface area contributed by atoms with Gasteiger partial charge in [-0.15, -0.1) is 5.10 Å². The van der Waals surface area contributed by atoms with E-state index in [1.54, 1.807) is 6.20 Å². The second-order valence-corrected chi connectivity index (χ2v) is 6.37. The van der Waals surface area contributed by atoms with Crippen molar-refractivity contribution >= 4 is 16.9 Å². The molecule has 0 fully saturated rings. The van der Waals surface area contributed by atoms with E-state index in [1.165, 1.54) is 5.56 Å². The molecule has 2 aromatic heterocycles. The van der Waals surface area contributed by atoms with Gasteiger partial charge in [-0.3, -0.25) is 0 Å². The summed E-state index contributed by atoms with van der Waals surface area (Å²) in [6, 6.07) is 17.8. The van der Waals surface area contributed by atoms with Gasteiger partial charge in [0, 0.05) is 12.4 Å². The van der Waals surface area contributed by atoms with Crippen LogP contribution in [-0.4, -0.2) is 35.4 Å². The Morgan fingerprint density at radius 1 is 1.07 bits per heavy atom. The molecule has 0 bridgehead atoms. The number of anilines is 1. The molecule has 0 aliphatic heterocycles. The fourth-order valence-corrected chi connectivity index (χ4v) is 2.72. The Hall–Kier alpha value is -3.41. The summed E-state index contributed by atoms with van der Waals surface area (Å²) < 4.78 is 11.6. The lowest BCUT2D eigenvalue weighted by Crippen LogP contribution is -2.26. The van der Waals surface area contributed by atoms with Crippen LogP contribution in [0, 0.1) is 6.92 Å². The highest BCUT2D eigenvalue weighted by Crippen LogP contribution is 2.26. The summed E-state index contributed by atoms with van der Waals surface area (Å²) in [5, 5.41) is 9.23. The molecule has 4 aromatic rings. The molecule has 0 saturated carbocycles. The quantitative estimate of drug-likeness (QED) is 0.516. The largest absolute Gasteiger partial charge is 0.492 e. The van der Waals surface area contributed by atoms with E-state index in [4.69, 9.17) is 9.15 Å². The predicted octanol–water partition coefficient (Wildman–Crippen LogP) is 4.11. The third kappa shape index (κ3) is 3.89. The van der Waals surface area contributed by atoms with Crippen LogP contribution in [0.15, 0.2) is 65.2 Å². The molecule has 6 nitrogen and oxygen atoms in total. The van der Waals surface area contributed by atoms with Crippen molar-refractivity contribution in [3.05, 3.63) is 66.4 Å².